The smallest absolute Gasteiger partial charge is 0.870 e. The molecule has 8 rings (SSSR count). The number of thiophene rings is 2. The third-order valence-corrected chi connectivity index (χ3v) is 15.6. The number of carbonyl (C=O) groups excluding carboxylic acids is 1. The zero-order valence-corrected chi connectivity index (χ0v) is 41.7. The molecule has 0 radical (unpaired) electrons. The molecule has 4 aromatic heterocycles. The van der Waals surface area contributed by atoms with E-state index in [2.05, 4.69) is 44.4 Å². The SMILES string of the molecule is COC(=O)c1sc(-c2ccccc2)cc1Nc1nc(-c2ccc(Cl)c(C)c2)c(C(C)C)s1.Cc1cc(-c2nc(Nc3cc(-c4ccccc4)sc3C(=O)O)sc2C(C)C)ccc1Cl.[Li+].[OH-]. The van der Waals surface area contributed by atoms with Gasteiger partial charge in [-0.15, -0.1) is 45.3 Å². The second kappa shape index (κ2) is 22.6. The molecule has 8 aromatic rings. The molecule has 65 heavy (non-hydrogen) atoms. The summed E-state index contributed by atoms with van der Waals surface area (Å²) in [5, 5.41) is 19.2. The van der Waals surface area contributed by atoms with Crippen LogP contribution >= 0.6 is 68.5 Å². The number of anilines is 4. The van der Waals surface area contributed by atoms with Gasteiger partial charge in [0.1, 0.15) is 9.75 Å². The first-order valence-electron chi connectivity index (χ1n) is 20.0. The molecule has 16 heteroatoms. The second-order valence-electron chi connectivity index (χ2n) is 15.2. The van der Waals surface area contributed by atoms with Crippen LogP contribution in [-0.4, -0.2) is 39.6 Å². The molecule has 9 nitrogen and oxygen atoms in total. The summed E-state index contributed by atoms with van der Waals surface area (Å²) >= 11 is 18.2. The van der Waals surface area contributed by atoms with Crippen LogP contribution in [0.25, 0.3) is 43.4 Å². The predicted molar refractivity (Wildman–Crippen MR) is 269 cm³/mol. The summed E-state index contributed by atoms with van der Waals surface area (Å²) in [7, 11) is 1.40. The maximum absolute atomic E-state index is 12.5. The van der Waals surface area contributed by atoms with Gasteiger partial charge in [0.2, 0.25) is 0 Å². The van der Waals surface area contributed by atoms with Gasteiger partial charge in [-0.1, -0.05) is 124 Å². The van der Waals surface area contributed by atoms with Crippen molar-refractivity contribution in [3.8, 4) is 43.4 Å². The maximum Gasteiger partial charge on any atom is 1.00 e. The first kappa shape index (κ1) is 51.2. The Labute approximate surface area is 417 Å². The van der Waals surface area contributed by atoms with E-state index >= 15 is 0 Å². The number of carbonyl (C=O) groups is 2. The predicted octanol–water partition coefficient (Wildman–Crippen LogP) is 13.0. The van der Waals surface area contributed by atoms with Crippen LogP contribution in [0.5, 0.6) is 0 Å². The van der Waals surface area contributed by atoms with E-state index in [-0.39, 0.29) is 41.1 Å². The molecule has 0 unspecified atom stereocenters. The molecule has 0 aliphatic heterocycles. The van der Waals surface area contributed by atoms with Gasteiger partial charge in [-0.05, 0) is 84.3 Å². The number of halogens is 2. The number of aryl methyl sites for hydroxylation is 2. The number of rotatable bonds is 12. The Balaban J connectivity index is 0.000000237. The van der Waals surface area contributed by atoms with Gasteiger partial charge in [0, 0.05) is 40.7 Å². The van der Waals surface area contributed by atoms with Crippen molar-refractivity contribution in [1.82, 2.24) is 9.97 Å². The van der Waals surface area contributed by atoms with Crippen molar-refractivity contribution in [2.24, 2.45) is 0 Å². The zero-order chi connectivity index (χ0) is 44.9. The summed E-state index contributed by atoms with van der Waals surface area (Å²) in [4.78, 5) is 39.0. The first-order chi connectivity index (χ1) is 30.2. The fourth-order valence-electron chi connectivity index (χ4n) is 6.64. The molecule has 0 aliphatic carbocycles. The van der Waals surface area contributed by atoms with Crippen LogP contribution in [0, 0.1) is 13.8 Å². The molecule has 4 aromatic carbocycles. The van der Waals surface area contributed by atoms with E-state index in [1.54, 1.807) is 22.7 Å². The van der Waals surface area contributed by atoms with E-state index in [1.807, 2.05) is 117 Å². The van der Waals surface area contributed by atoms with Crippen LogP contribution in [0.3, 0.4) is 0 Å². The van der Waals surface area contributed by atoms with Gasteiger partial charge in [0.05, 0.1) is 29.9 Å². The first-order valence-corrected chi connectivity index (χ1v) is 24.0. The normalized spacial score (nSPS) is 10.8. The summed E-state index contributed by atoms with van der Waals surface area (Å²) in [6.07, 6.45) is 0. The average molecular weight is 976 g/mol. The fraction of sp³-hybridized carbons (Fsp3) is 0.184. The number of hydrogen-bond donors (Lipinski definition) is 3. The molecule has 0 fully saturated rings. The molecular weight excluding hydrogens is 931 g/mol. The molecule has 4 N–H and O–H groups in total. The van der Waals surface area contributed by atoms with E-state index in [9.17, 15) is 14.7 Å². The van der Waals surface area contributed by atoms with Crippen molar-refractivity contribution >= 4 is 102 Å². The zero-order valence-electron chi connectivity index (χ0n) is 36.9. The average Bonchev–Trinajstić information content (AvgIpc) is 4.09. The minimum atomic E-state index is -0.955. The number of ether oxygens (including phenoxy) is 1. The number of hydrogen-bond acceptors (Lipinski definition) is 12. The largest absolute Gasteiger partial charge is 1.00 e. The number of aromatic carboxylic acids is 1. The summed E-state index contributed by atoms with van der Waals surface area (Å²) in [5.41, 5.74) is 9.17. The molecule has 330 valence electrons. The van der Waals surface area contributed by atoms with Crippen molar-refractivity contribution in [2.45, 2.75) is 53.4 Å². The quantitative estimate of drug-likeness (QED) is 0.0805. The van der Waals surface area contributed by atoms with Gasteiger partial charge in [0.25, 0.3) is 0 Å². The Hall–Kier alpha value is -4.78. The van der Waals surface area contributed by atoms with Crippen LogP contribution in [0.1, 0.15) is 79.8 Å². The van der Waals surface area contributed by atoms with Gasteiger partial charge in [-0.25, -0.2) is 19.6 Å². The van der Waals surface area contributed by atoms with Crippen LogP contribution in [0.4, 0.5) is 21.6 Å². The molecule has 0 bridgehead atoms. The van der Waals surface area contributed by atoms with Crippen LogP contribution in [0.2, 0.25) is 10.0 Å². The van der Waals surface area contributed by atoms with E-state index < -0.39 is 5.97 Å². The third-order valence-electron chi connectivity index (χ3n) is 9.85. The number of esters is 1. The Bertz CT molecular complexity index is 2910. The fourth-order valence-corrected chi connectivity index (χ4v) is 10.9. The number of methoxy groups -OCH3 is 1. The molecule has 0 saturated carbocycles. The van der Waals surface area contributed by atoms with Crippen molar-refractivity contribution in [2.75, 3.05) is 17.7 Å². The van der Waals surface area contributed by atoms with Gasteiger partial charge < -0.3 is 26.0 Å². The van der Waals surface area contributed by atoms with Crippen molar-refractivity contribution in [1.29, 1.82) is 0 Å². The molecule has 0 spiro atoms. The topological polar surface area (TPSA) is 143 Å². The van der Waals surface area contributed by atoms with E-state index in [1.165, 1.54) is 34.7 Å². The standard InChI is InChI=1S/C25H23ClN2O2S2.C24H21ClN2O2S2.Li.H2O/c1-14(2)22-21(17-10-11-18(26)15(3)12-17)28-25(32-22)27-19-13-20(16-8-6-5-7-9-16)31-23(19)24(29)30-4;1-13(2)21-20(16-9-10-17(25)14(3)11-16)27-24(31-21)26-18-12-19(30-22(18)23(28)29)15-7-5-4-6-8-15;;/h5-14H,1-4H3,(H,27,28);4-13H,1-3H3,(H,26,27)(H,28,29);;1H2/q;;+1;/p-1. The number of nitrogens with one attached hydrogen (secondary N) is 2. The Morgan fingerprint density at radius 3 is 1.37 bits per heavy atom. The minimum Gasteiger partial charge on any atom is -0.870 e. The van der Waals surface area contributed by atoms with Gasteiger partial charge >= 0.3 is 30.8 Å². The number of benzene rings is 4. The van der Waals surface area contributed by atoms with Crippen LogP contribution in [0.15, 0.2) is 109 Å². The second-order valence-corrected chi connectivity index (χ2v) is 20.2. The summed E-state index contributed by atoms with van der Waals surface area (Å²) < 4.78 is 5.03. The Morgan fingerprint density at radius 2 is 1.00 bits per heavy atom. The summed E-state index contributed by atoms with van der Waals surface area (Å²) in [5.74, 6) is -0.741. The molecule has 0 saturated heterocycles. The number of thiazole rings is 2. The summed E-state index contributed by atoms with van der Waals surface area (Å²) in [6.45, 7) is 12.5. The molecule has 4 heterocycles. The molecule has 0 atom stereocenters. The van der Waals surface area contributed by atoms with Gasteiger partial charge in [0.15, 0.2) is 10.3 Å². The number of carboxylic acid groups (broad SMARTS) is 1. The number of nitrogens with zero attached hydrogens (tertiary/aromatic N) is 2. The number of aromatic nitrogens is 2. The van der Waals surface area contributed by atoms with E-state index in [0.29, 0.717) is 27.3 Å². The van der Waals surface area contributed by atoms with Gasteiger partial charge in [-0.3, -0.25) is 0 Å². The molecule has 0 aliphatic rings. The van der Waals surface area contributed by atoms with Crippen molar-refractivity contribution < 1.29 is 43.8 Å². The van der Waals surface area contributed by atoms with Crippen LogP contribution < -0.4 is 29.5 Å². The Kier molecular flexibility index (Phi) is 17.8. The van der Waals surface area contributed by atoms with Crippen molar-refractivity contribution in [3.63, 3.8) is 0 Å². The molecule has 0 amide bonds. The van der Waals surface area contributed by atoms with E-state index in [0.717, 1.165) is 74.6 Å². The van der Waals surface area contributed by atoms with Crippen molar-refractivity contribution in [3.05, 3.63) is 150 Å². The minimum absolute atomic E-state index is 0. The maximum atomic E-state index is 12.5. The van der Waals surface area contributed by atoms with Crippen LogP contribution in [-0.2, 0) is 4.74 Å². The third kappa shape index (κ3) is 12.0. The Morgan fingerprint density at radius 1 is 0.600 bits per heavy atom. The molecular formula is C49H45Cl2LiN4O5S4. The number of carboxylic acids is 1. The van der Waals surface area contributed by atoms with Gasteiger partial charge in [-0.2, -0.15) is 0 Å². The monoisotopic (exact) mass is 974 g/mol. The summed E-state index contributed by atoms with van der Waals surface area (Å²) in [6, 6.07) is 35.5. The van der Waals surface area contributed by atoms with E-state index in [4.69, 9.17) is 37.9 Å².